The molecule has 0 spiro atoms. The quantitative estimate of drug-likeness (QED) is 0.436. The molecular weight excluding hydrogens is 408 g/mol. The van der Waals surface area contributed by atoms with Gasteiger partial charge in [-0.15, -0.1) is 0 Å². The minimum absolute atomic E-state index is 0.132. The van der Waals surface area contributed by atoms with Crippen LogP contribution < -0.4 is 0 Å². The lowest BCUT2D eigenvalue weighted by Gasteiger charge is -2.23. The maximum atomic E-state index is 12.8. The van der Waals surface area contributed by atoms with Gasteiger partial charge in [-0.25, -0.2) is 4.79 Å². The zero-order chi connectivity index (χ0) is 23.3. The summed E-state index contributed by atoms with van der Waals surface area (Å²) in [5.41, 5.74) is 2.14. The molecule has 32 heavy (non-hydrogen) atoms. The van der Waals surface area contributed by atoms with E-state index in [1.54, 1.807) is 38.4 Å². The summed E-state index contributed by atoms with van der Waals surface area (Å²) >= 11 is 0. The number of benzene rings is 3. The largest absolute Gasteiger partial charge is 0.475 e. The van der Waals surface area contributed by atoms with Crippen molar-refractivity contribution < 1.29 is 24.3 Å². The van der Waals surface area contributed by atoms with Gasteiger partial charge in [-0.05, 0) is 40.1 Å². The van der Waals surface area contributed by atoms with E-state index in [0.717, 1.165) is 21.9 Å². The second-order valence-electron chi connectivity index (χ2n) is 7.73. The molecule has 0 aliphatic rings. The van der Waals surface area contributed by atoms with Gasteiger partial charge in [0.15, 0.2) is 0 Å². The van der Waals surface area contributed by atoms with Gasteiger partial charge in [0.2, 0.25) is 11.7 Å². The Hall–Kier alpha value is -4.00. The monoisotopic (exact) mass is 432 g/mol. The predicted molar refractivity (Wildman–Crippen MR) is 120 cm³/mol. The highest BCUT2D eigenvalue weighted by molar-refractivity contribution is 6.36. The summed E-state index contributed by atoms with van der Waals surface area (Å²) in [5, 5.41) is 11.0. The Kier molecular flexibility index (Phi) is 7.00. The van der Waals surface area contributed by atoms with Crippen molar-refractivity contribution in [3.63, 3.8) is 0 Å². The lowest BCUT2D eigenvalue weighted by molar-refractivity contribution is -0.151. The highest BCUT2D eigenvalue weighted by Gasteiger charge is 2.22. The zero-order valence-corrected chi connectivity index (χ0v) is 17.9. The van der Waals surface area contributed by atoms with Crippen LogP contribution in [0.15, 0.2) is 66.7 Å². The van der Waals surface area contributed by atoms with Crippen molar-refractivity contribution in [2.45, 2.75) is 19.5 Å². The van der Waals surface area contributed by atoms with Crippen molar-refractivity contribution in [3.05, 3.63) is 83.4 Å². The molecule has 0 aliphatic carbocycles. The predicted octanol–water partition coefficient (Wildman–Crippen LogP) is 3.11. The van der Waals surface area contributed by atoms with Crippen molar-refractivity contribution >= 4 is 34.3 Å². The van der Waals surface area contributed by atoms with Crippen molar-refractivity contribution in [1.82, 2.24) is 9.80 Å². The summed E-state index contributed by atoms with van der Waals surface area (Å²) in [6.45, 7) is 0.393. The Labute approximate surface area is 185 Å². The topological polar surface area (TPSA) is 95.0 Å². The number of carbonyl (C=O) groups excluding carboxylic acids is 3. The van der Waals surface area contributed by atoms with E-state index in [0.29, 0.717) is 5.56 Å². The minimum atomic E-state index is -1.63. The van der Waals surface area contributed by atoms with Gasteiger partial charge in [0.25, 0.3) is 5.91 Å². The van der Waals surface area contributed by atoms with Crippen LogP contribution in [0.25, 0.3) is 10.8 Å². The van der Waals surface area contributed by atoms with Crippen molar-refractivity contribution in [2.24, 2.45) is 0 Å². The average Bonchev–Trinajstić information content (AvgIpc) is 2.78. The van der Waals surface area contributed by atoms with Crippen LogP contribution in [0.5, 0.6) is 0 Å². The van der Waals surface area contributed by atoms with Gasteiger partial charge in [0.1, 0.15) is 0 Å². The number of ketones is 1. The molecule has 164 valence electrons. The van der Waals surface area contributed by atoms with Crippen molar-refractivity contribution in [3.8, 4) is 0 Å². The van der Waals surface area contributed by atoms with Crippen LogP contribution in [-0.2, 0) is 27.5 Å². The molecule has 0 atom stereocenters. The van der Waals surface area contributed by atoms with Gasteiger partial charge in [0, 0.05) is 32.7 Å². The first-order valence-electron chi connectivity index (χ1n) is 10.1. The number of hydrogen-bond donors (Lipinski definition) is 1. The van der Waals surface area contributed by atoms with E-state index in [-0.39, 0.29) is 19.0 Å². The van der Waals surface area contributed by atoms with Crippen LogP contribution in [0.1, 0.15) is 27.9 Å². The number of nitrogens with zero attached hydrogens (tertiary/aromatic N) is 2. The number of aliphatic carboxylic acids is 1. The third-order valence-electron chi connectivity index (χ3n) is 5.07. The molecule has 3 aromatic carbocycles. The molecule has 7 heteroatoms. The Bertz CT molecular complexity index is 1170. The first-order chi connectivity index (χ1) is 15.2. The average molecular weight is 432 g/mol. The Morgan fingerprint density at radius 1 is 0.781 bits per heavy atom. The van der Waals surface area contributed by atoms with Crippen LogP contribution in [-0.4, -0.2) is 52.6 Å². The normalized spacial score (nSPS) is 10.6. The molecule has 0 saturated heterocycles. The molecule has 7 nitrogen and oxygen atoms in total. The minimum Gasteiger partial charge on any atom is -0.475 e. The number of rotatable bonds is 8. The standard InChI is InChI=1S/C25H24N2O5/c1-26(2)24(30)20-11-7-17(8-12-20)15-27(23(29)14-22(28)25(31)32)16-18-9-10-19-5-3-4-6-21(19)13-18/h3-13H,14-16H2,1-2H3,(H,31,32). The van der Waals surface area contributed by atoms with Gasteiger partial charge in [-0.2, -0.15) is 0 Å². The lowest BCUT2D eigenvalue weighted by atomic mass is 10.1. The van der Waals surface area contributed by atoms with Crippen molar-refractivity contribution in [1.29, 1.82) is 0 Å². The summed E-state index contributed by atoms with van der Waals surface area (Å²) in [6, 6.07) is 20.5. The number of carboxylic acid groups (broad SMARTS) is 1. The summed E-state index contributed by atoms with van der Waals surface area (Å²) in [5.74, 6) is -3.48. The van der Waals surface area contributed by atoms with E-state index in [1.165, 1.54) is 9.80 Å². The van der Waals surface area contributed by atoms with Gasteiger partial charge in [-0.1, -0.05) is 48.5 Å². The highest BCUT2D eigenvalue weighted by atomic mass is 16.4. The smallest absolute Gasteiger partial charge is 0.372 e. The third kappa shape index (κ3) is 5.57. The first kappa shape index (κ1) is 22.7. The first-order valence-corrected chi connectivity index (χ1v) is 10.1. The second-order valence-corrected chi connectivity index (χ2v) is 7.73. The van der Waals surface area contributed by atoms with E-state index in [2.05, 4.69) is 0 Å². The molecule has 0 saturated carbocycles. The van der Waals surface area contributed by atoms with E-state index in [1.807, 2.05) is 42.5 Å². The third-order valence-corrected chi connectivity index (χ3v) is 5.07. The number of carboxylic acids is 1. The number of amides is 2. The second kappa shape index (κ2) is 9.87. The van der Waals surface area contributed by atoms with Crippen LogP contribution in [0.4, 0.5) is 0 Å². The highest BCUT2D eigenvalue weighted by Crippen LogP contribution is 2.19. The van der Waals surface area contributed by atoms with Crippen molar-refractivity contribution in [2.75, 3.05) is 14.1 Å². The molecule has 0 unspecified atom stereocenters. The van der Waals surface area contributed by atoms with Crippen LogP contribution >= 0.6 is 0 Å². The molecule has 1 N–H and O–H groups in total. The summed E-state index contributed by atoms with van der Waals surface area (Å²) in [6.07, 6.45) is -0.708. The number of fused-ring (bicyclic) bond motifs is 1. The van der Waals surface area contributed by atoms with E-state index < -0.39 is 24.1 Å². The molecule has 0 radical (unpaired) electrons. The Morgan fingerprint density at radius 2 is 1.38 bits per heavy atom. The molecule has 0 aliphatic heterocycles. The molecule has 0 fully saturated rings. The van der Waals surface area contributed by atoms with E-state index in [4.69, 9.17) is 5.11 Å². The van der Waals surface area contributed by atoms with Gasteiger partial charge in [-0.3, -0.25) is 14.4 Å². The Morgan fingerprint density at radius 3 is 2.00 bits per heavy atom. The van der Waals surface area contributed by atoms with Crippen LogP contribution in [0.3, 0.4) is 0 Å². The molecule has 0 heterocycles. The Balaban J connectivity index is 1.84. The number of Topliss-reactive ketones (excluding diaryl/α,β-unsaturated/α-hetero) is 1. The summed E-state index contributed by atoms with van der Waals surface area (Å²) in [4.78, 5) is 50.3. The van der Waals surface area contributed by atoms with Gasteiger partial charge in [0.05, 0.1) is 6.42 Å². The van der Waals surface area contributed by atoms with Crippen LogP contribution in [0, 0.1) is 0 Å². The molecule has 0 bridgehead atoms. The number of hydrogen-bond acceptors (Lipinski definition) is 4. The zero-order valence-electron chi connectivity index (χ0n) is 17.9. The lowest BCUT2D eigenvalue weighted by Crippen LogP contribution is -2.33. The molecule has 0 aromatic heterocycles. The molecule has 3 aromatic rings. The van der Waals surface area contributed by atoms with Gasteiger partial charge >= 0.3 is 5.97 Å². The van der Waals surface area contributed by atoms with Gasteiger partial charge < -0.3 is 14.9 Å². The fourth-order valence-corrected chi connectivity index (χ4v) is 3.35. The maximum Gasteiger partial charge on any atom is 0.372 e. The molecular formula is C25H24N2O5. The molecule has 2 amide bonds. The van der Waals surface area contributed by atoms with E-state index >= 15 is 0 Å². The summed E-state index contributed by atoms with van der Waals surface area (Å²) in [7, 11) is 3.33. The SMILES string of the molecule is CN(C)C(=O)c1ccc(CN(Cc2ccc3ccccc3c2)C(=O)CC(=O)C(=O)O)cc1. The molecule has 3 rings (SSSR count). The fraction of sp³-hybridized carbons (Fsp3) is 0.200. The van der Waals surface area contributed by atoms with E-state index in [9.17, 15) is 19.2 Å². The number of carbonyl (C=O) groups is 4. The maximum absolute atomic E-state index is 12.8. The fourth-order valence-electron chi connectivity index (χ4n) is 3.35. The van der Waals surface area contributed by atoms with Crippen LogP contribution in [0.2, 0.25) is 0 Å². The summed E-state index contributed by atoms with van der Waals surface area (Å²) < 4.78 is 0.